The molecule has 3 N–H and O–H groups in total. The van der Waals surface area contributed by atoms with Gasteiger partial charge in [0.05, 0.1) is 46.9 Å². The Morgan fingerprint density at radius 3 is 1.92 bits per heavy atom. The first-order valence-electron chi connectivity index (χ1n) is 11.0. The maximum atomic E-state index is 12.5. The van der Waals surface area contributed by atoms with E-state index >= 15 is 0 Å². The van der Waals surface area contributed by atoms with E-state index in [2.05, 4.69) is 5.32 Å². The van der Waals surface area contributed by atoms with Gasteiger partial charge in [0, 0.05) is 17.8 Å². The number of ketones is 1. The third-order valence-electron chi connectivity index (χ3n) is 5.37. The Hall–Kier alpha value is -4.59. The molecule has 0 spiro atoms. The molecule has 0 saturated heterocycles. The summed E-state index contributed by atoms with van der Waals surface area (Å²) in [5.74, 6) is 2.63. The number of nitrogens with one attached hydrogen (secondary N) is 1. The molecule has 0 atom stereocenters. The number of benzene rings is 3. The molecule has 0 aliphatic carbocycles. The van der Waals surface area contributed by atoms with Crippen LogP contribution in [0.1, 0.15) is 21.5 Å². The summed E-state index contributed by atoms with van der Waals surface area (Å²) in [6, 6.07) is 14.3. The summed E-state index contributed by atoms with van der Waals surface area (Å²) in [6.07, 6.45) is 6.87. The molecule has 0 heterocycles. The number of anilines is 2. The lowest BCUT2D eigenvalue weighted by Gasteiger charge is -2.13. The van der Waals surface area contributed by atoms with Gasteiger partial charge in [-0.2, -0.15) is 0 Å². The summed E-state index contributed by atoms with van der Waals surface area (Å²) in [5.41, 5.74) is 9.24. The van der Waals surface area contributed by atoms with Crippen LogP contribution in [-0.2, 0) is 0 Å². The molecule has 36 heavy (non-hydrogen) atoms. The fourth-order valence-electron chi connectivity index (χ4n) is 3.52. The fraction of sp³-hybridized carbons (Fsp3) is 0.179. The lowest BCUT2D eigenvalue weighted by molar-refractivity contribution is 0.104. The molecule has 3 aromatic rings. The van der Waals surface area contributed by atoms with Gasteiger partial charge in [-0.1, -0.05) is 18.2 Å². The van der Waals surface area contributed by atoms with E-state index in [1.165, 1.54) is 13.2 Å². The lowest BCUT2D eigenvalue weighted by atomic mass is 10.1. The Kier molecular flexibility index (Phi) is 8.83. The van der Waals surface area contributed by atoms with E-state index < -0.39 is 0 Å². The van der Waals surface area contributed by atoms with E-state index in [4.69, 9.17) is 29.4 Å². The molecule has 0 aromatic heterocycles. The first-order valence-corrected chi connectivity index (χ1v) is 11.0. The lowest BCUT2D eigenvalue weighted by Crippen LogP contribution is -2.00. The van der Waals surface area contributed by atoms with E-state index in [1.54, 1.807) is 52.8 Å². The quantitative estimate of drug-likeness (QED) is 0.162. The van der Waals surface area contributed by atoms with Crippen molar-refractivity contribution in [3.63, 3.8) is 0 Å². The van der Waals surface area contributed by atoms with Crippen LogP contribution in [-0.4, -0.2) is 41.3 Å². The molecule has 0 unspecified atom stereocenters. The maximum absolute atomic E-state index is 12.5. The Morgan fingerprint density at radius 2 is 1.33 bits per heavy atom. The van der Waals surface area contributed by atoms with Gasteiger partial charge < -0.3 is 34.7 Å². The van der Waals surface area contributed by atoms with Crippen molar-refractivity contribution in [1.82, 2.24) is 0 Å². The minimum absolute atomic E-state index is 0.200. The first kappa shape index (κ1) is 26.0. The smallest absolute Gasteiger partial charge is 0.203 e. The summed E-state index contributed by atoms with van der Waals surface area (Å²) < 4.78 is 26.8. The number of allylic oxidation sites excluding steroid dienone is 1. The summed E-state index contributed by atoms with van der Waals surface area (Å²) in [5, 5.41) is 3.12. The molecular formula is C28H30N2O6. The van der Waals surface area contributed by atoms with Crippen molar-refractivity contribution in [3.05, 3.63) is 77.5 Å². The molecular weight excluding hydrogens is 460 g/mol. The van der Waals surface area contributed by atoms with Crippen LogP contribution < -0.4 is 34.7 Å². The van der Waals surface area contributed by atoms with Crippen LogP contribution in [0.2, 0.25) is 0 Å². The molecule has 0 radical (unpaired) electrons. The summed E-state index contributed by atoms with van der Waals surface area (Å²) in [7, 11) is 7.83. The third-order valence-corrected chi connectivity index (χ3v) is 5.37. The minimum Gasteiger partial charge on any atom is -0.495 e. The molecule has 3 rings (SSSR count). The standard InChI is InChI=1S/C28H30N2O6/c1-32-24-11-9-20(17-21(24)29)23(31)12-13-30-22-14-18(8-10-25(22)33-2)6-7-19-15-26(34-3)28(36-5)27(16-19)35-4/h6-17,30H,29H2,1-5H3/b7-6-,13-12-. The summed E-state index contributed by atoms with van der Waals surface area (Å²) >= 11 is 0. The van der Waals surface area contributed by atoms with Crippen molar-refractivity contribution in [2.45, 2.75) is 0 Å². The fourth-order valence-corrected chi connectivity index (χ4v) is 3.52. The number of hydrogen-bond acceptors (Lipinski definition) is 8. The molecule has 188 valence electrons. The van der Waals surface area contributed by atoms with E-state index in [9.17, 15) is 4.79 Å². The molecule has 0 aliphatic heterocycles. The van der Waals surface area contributed by atoms with E-state index in [-0.39, 0.29) is 5.78 Å². The molecule has 0 saturated carbocycles. The van der Waals surface area contributed by atoms with Crippen LogP contribution in [0.25, 0.3) is 12.2 Å². The van der Waals surface area contributed by atoms with Gasteiger partial charge in [0.1, 0.15) is 11.5 Å². The van der Waals surface area contributed by atoms with Crippen LogP contribution in [0.15, 0.2) is 60.8 Å². The molecule has 0 fully saturated rings. The predicted molar refractivity (Wildman–Crippen MR) is 143 cm³/mol. The zero-order chi connectivity index (χ0) is 26.1. The summed E-state index contributed by atoms with van der Waals surface area (Å²) in [4.78, 5) is 12.5. The average Bonchev–Trinajstić information content (AvgIpc) is 2.91. The van der Waals surface area contributed by atoms with Crippen molar-refractivity contribution >= 4 is 29.3 Å². The monoisotopic (exact) mass is 490 g/mol. The van der Waals surface area contributed by atoms with E-state index in [0.29, 0.717) is 45.7 Å². The number of rotatable bonds is 11. The van der Waals surface area contributed by atoms with Gasteiger partial charge in [-0.3, -0.25) is 4.79 Å². The van der Waals surface area contributed by atoms with Gasteiger partial charge in [-0.15, -0.1) is 0 Å². The minimum atomic E-state index is -0.200. The maximum Gasteiger partial charge on any atom is 0.203 e. The van der Waals surface area contributed by atoms with Crippen molar-refractivity contribution < 1.29 is 28.5 Å². The third kappa shape index (κ3) is 6.09. The number of hydrogen-bond donors (Lipinski definition) is 2. The van der Waals surface area contributed by atoms with Gasteiger partial charge in [0.25, 0.3) is 0 Å². The largest absolute Gasteiger partial charge is 0.495 e. The highest BCUT2D eigenvalue weighted by atomic mass is 16.5. The topological polar surface area (TPSA) is 101 Å². The second kappa shape index (κ2) is 12.2. The number of carbonyl (C=O) groups excluding carboxylic acids is 1. The van der Waals surface area contributed by atoms with Gasteiger partial charge >= 0.3 is 0 Å². The molecule has 0 amide bonds. The van der Waals surface area contributed by atoms with E-state index in [1.807, 2.05) is 42.5 Å². The Bertz CT molecular complexity index is 1260. The second-order valence-electron chi connectivity index (χ2n) is 7.55. The summed E-state index contributed by atoms with van der Waals surface area (Å²) in [6.45, 7) is 0. The Morgan fingerprint density at radius 1 is 0.722 bits per heavy atom. The average molecular weight is 491 g/mol. The normalized spacial score (nSPS) is 10.9. The zero-order valence-electron chi connectivity index (χ0n) is 21.0. The van der Waals surface area contributed by atoms with Gasteiger partial charge in [0.2, 0.25) is 5.75 Å². The molecule has 8 nitrogen and oxygen atoms in total. The molecule has 0 aliphatic rings. The van der Waals surface area contributed by atoms with Gasteiger partial charge in [0.15, 0.2) is 17.3 Å². The number of nitrogens with two attached hydrogens (primary N) is 1. The SMILES string of the molecule is COc1ccc(C(=O)/C=C\Nc2cc(/C=C\c3cc(OC)c(OC)c(OC)c3)ccc2OC)cc1N. The van der Waals surface area contributed by atoms with Crippen molar-refractivity contribution in [2.75, 3.05) is 46.6 Å². The van der Waals surface area contributed by atoms with Crippen LogP contribution in [0.3, 0.4) is 0 Å². The molecule has 3 aromatic carbocycles. The highest BCUT2D eigenvalue weighted by molar-refractivity contribution is 6.05. The van der Waals surface area contributed by atoms with Crippen LogP contribution >= 0.6 is 0 Å². The first-order chi connectivity index (χ1) is 17.4. The van der Waals surface area contributed by atoms with Crippen LogP contribution in [0.5, 0.6) is 28.7 Å². The van der Waals surface area contributed by atoms with Gasteiger partial charge in [-0.25, -0.2) is 0 Å². The number of nitrogen functional groups attached to an aromatic ring is 1. The van der Waals surface area contributed by atoms with Crippen molar-refractivity contribution in [2.24, 2.45) is 0 Å². The highest BCUT2D eigenvalue weighted by Gasteiger charge is 2.12. The van der Waals surface area contributed by atoms with Crippen molar-refractivity contribution in [3.8, 4) is 28.7 Å². The second-order valence-corrected chi connectivity index (χ2v) is 7.55. The van der Waals surface area contributed by atoms with E-state index in [0.717, 1.165) is 11.1 Å². The number of methoxy groups -OCH3 is 5. The Balaban J connectivity index is 1.79. The van der Waals surface area contributed by atoms with Crippen LogP contribution in [0.4, 0.5) is 11.4 Å². The highest BCUT2D eigenvalue weighted by Crippen LogP contribution is 2.38. The van der Waals surface area contributed by atoms with Crippen molar-refractivity contribution in [1.29, 1.82) is 0 Å². The number of ether oxygens (including phenoxy) is 5. The predicted octanol–water partition coefficient (Wildman–Crippen LogP) is 5.29. The molecule has 0 bridgehead atoms. The zero-order valence-corrected chi connectivity index (χ0v) is 21.0. The molecule has 8 heteroatoms. The van der Waals surface area contributed by atoms with Gasteiger partial charge in [-0.05, 0) is 53.6 Å². The number of carbonyl (C=O) groups is 1. The van der Waals surface area contributed by atoms with Crippen LogP contribution in [0, 0.1) is 0 Å². The Labute approximate surface area is 210 Å².